The second-order valence-corrected chi connectivity index (χ2v) is 3.72. The first kappa shape index (κ1) is 10.8. The van der Waals surface area contributed by atoms with Crippen LogP contribution in [0.1, 0.15) is 20.8 Å². The molecular formula is C8H17FO2. The highest BCUT2D eigenvalue weighted by Crippen LogP contribution is 2.25. The molecule has 68 valence electrons. The SMILES string of the molecule is CC(CF)C(O)C(C)(C)CO. The number of aliphatic hydroxyl groups excluding tert-OH is 2. The largest absolute Gasteiger partial charge is 0.396 e. The minimum absolute atomic E-state index is 0.126. The van der Waals surface area contributed by atoms with Crippen molar-refractivity contribution in [3.8, 4) is 0 Å². The van der Waals surface area contributed by atoms with E-state index in [1.807, 2.05) is 0 Å². The third kappa shape index (κ3) is 2.75. The summed E-state index contributed by atoms with van der Waals surface area (Å²) in [5.74, 6) is -0.405. The summed E-state index contributed by atoms with van der Waals surface area (Å²) in [4.78, 5) is 0. The summed E-state index contributed by atoms with van der Waals surface area (Å²) in [6.07, 6.45) is -0.780. The maximum atomic E-state index is 12.1. The molecule has 0 spiro atoms. The van der Waals surface area contributed by atoms with Crippen molar-refractivity contribution in [3.05, 3.63) is 0 Å². The zero-order valence-corrected chi connectivity index (χ0v) is 7.34. The van der Waals surface area contributed by atoms with E-state index in [-0.39, 0.29) is 6.61 Å². The topological polar surface area (TPSA) is 40.5 Å². The van der Waals surface area contributed by atoms with Crippen LogP contribution in [0, 0.1) is 11.3 Å². The summed E-state index contributed by atoms with van der Waals surface area (Å²) in [6, 6.07) is 0. The molecule has 0 aliphatic carbocycles. The van der Waals surface area contributed by atoms with Crippen LogP contribution in [-0.4, -0.2) is 29.6 Å². The average Bonchev–Trinajstić information content (AvgIpc) is 2.01. The van der Waals surface area contributed by atoms with Gasteiger partial charge in [0.25, 0.3) is 0 Å². The van der Waals surface area contributed by atoms with Crippen LogP contribution in [-0.2, 0) is 0 Å². The number of hydrogen-bond acceptors (Lipinski definition) is 2. The van der Waals surface area contributed by atoms with E-state index >= 15 is 0 Å². The minimum atomic E-state index is -0.780. The van der Waals surface area contributed by atoms with E-state index in [1.54, 1.807) is 20.8 Å². The molecule has 0 bridgehead atoms. The fourth-order valence-corrected chi connectivity index (χ4v) is 0.948. The van der Waals surface area contributed by atoms with Crippen LogP contribution in [0.3, 0.4) is 0 Å². The van der Waals surface area contributed by atoms with E-state index in [9.17, 15) is 9.50 Å². The molecule has 0 saturated carbocycles. The second-order valence-electron chi connectivity index (χ2n) is 3.72. The molecule has 2 nitrogen and oxygen atoms in total. The number of alkyl halides is 1. The van der Waals surface area contributed by atoms with Crippen LogP contribution < -0.4 is 0 Å². The van der Waals surface area contributed by atoms with Crippen molar-refractivity contribution in [2.24, 2.45) is 11.3 Å². The van der Waals surface area contributed by atoms with Gasteiger partial charge in [-0.25, -0.2) is 0 Å². The Kier molecular flexibility index (Phi) is 3.97. The molecule has 0 aromatic heterocycles. The van der Waals surface area contributed by atoms with Crippen molar-refractivity contribution in [1.29, 1.82) is 0 Å². The van der Waals surface area contributed by atoms with Crippen LogP contribution in [0.15, 0.2) is 0 Å². The van der Waals surface area contributed by atoms with Crippen LogP contribution >= 0.6 is 0 Å². The van der Waals surface area contributed by atoms with Gasteiger partial charge in [-0.3, -0.25) is 4.39 Å². The molecule has 0 rings (SSSR count). The Morgan fingerprint density at radius 2 is 1.91 bits per heavy atom. The molecule has 0 fully saturated rings. The van der Waals surface area contributed by atoms with Gasteiger partial charge in [0.2, 0.25) is 0 Å². The Balaban J connectivity index is 4.10. The molecule has 0 amide bonds. The zero-order chi connectivity index (χ0) is 9.07. The Hall–Kier alpha value is -0.150. The van der Waals surface area contributed by atoms with E-state index in [0.29, 0.717) is 0 Å². The predicted octanol–water partition coefficient (Wildman–Crippen LogP) is 0.971. The Labute approximate surface area is 67.0 Å². The highest BCUT2D eigenvalue weighted by atomic mass is 19.1. The molecule has 0 aliphatic heterocycles. The summed E-state index contributed by atoms with van der Waals surface area (Å²) in [5, 5.41) is 18.3. The zero-order valence-electron chi connectivity index (χ0n) is 7.34. The van der Waals surface area contributed by atoms with Crippen LogP contribution in [0.2, 0.25) is 0 Å². The number of rotatable bonds is 4. The standard InChI is InChI=1S/C8H17FO2/c1-6(4-9)7(11)8(2,3)5-10/h6-7,10-11H,4-5H2,1-3H3. The van der Waals surface area contributed by atoms with Crippen molar-refractivity contribution >= 4 is 0 Å². The molecule has 2 unspecified atom stereocenters. The van der Waals surface area contributed by atoms with E-state index in [1.165, 1.54) is 0 Å². The second kappa shape index (κ2) is 4.02. The Morgan fingerprint density at radius 3 is 2.18 bits per heavy atom. The highest BCUT2D eigenvalue weighted by molar-refractivity contribution is 4.80. The molecule has 0 aliphatic rings. The lowest BCUT2D eigenvalue weighted by atomic mass is 9.81. The Morgan fingerprint density at radius 1 is 1.45 bits per heavy atom. The van der Waals surface area contributed by atoms with Gasteiger partial charge in [-0.1, -0.05) is 20.8 Å². The summed E-state index contributed by atoms with van der Waals surface area (Å²) >= 11 is 0. The predicted molar refractivity (Wildman–Crippen MR) is 42.0 cm³/mol. The van der Waals surface area contributed by atoms with Crippen LogP contribution in [0.5, 0.6) is 0 Å². The van der Waals surface area contributed by atoms with Crippen LogP contribution in [0.4, 0.5) is 4.39 Å². The average molecular weight is 164 g/mol. The smallest absolute Gasteiger partial charge is 0.0944 e. The summed E-state index contributed by atoms with van der Waals surface area (Å²) in [5.41, 5.74) is -0.606. The van der Waals surface area contributed by atoms with Crippen molar-refractivity contribution in [3.63, 3.8) is 0 Å². The number of hydrogen-bond donors (Lipinski definition) is 2. The molecule has 0 saturated heterocycles. The van der Waals surface area contributed by atoms with Gasteiger partial charge in [0.05, 0.1) is 19.4 Å². The number of halogens is 1. The third-order valence-electron chi connectivity index (χ3n) is 1.99. The van der Waals surface area contributed by atoms with Gasteiger partial charge >= 0.3 is 0 Å². The lowest BCUT2D eigenvalue weighted by Gasteiger charge is -2.31. The fraction of sp³-hybridized carbons (Fsp3) is 1.00. The summed E-state index contributed by atoms with van der Waals surface area (Å²) in [7, 11) is 0. The molecule has 0 radical (unpaired) electrons. The molecule has 0 aromatic rings. The fourth-order valence-electron chi connectivity index (χ4n) is 0.948. The van der Waals surface area contributed by atoms with Gasteiger partial charge in [0, 0.05) is 11.3 Å². The van der Waals surface area contributed by atoms with Gasteiger partial charge in [-0.2, -0.15) is 0 Å². The highest BCUT2D eigenvalue weighted by Gasteiger charge is 2.31. The molecular weight excluding hydrogens is 147 g/mol. The lowest BCUT2D eigenvalue weighted by Crippen LogP contribution is -2.38. The summed E-state index contributed by atoms with van der Waals surface area (Å²) in [6.45, 7) is 4.37. The molecule has 2 N–H and O–H groups in total. The number of aliphatic hydroxyl groups is 2. The van der Waals surface area contributed by atoms with Crippen molar-refractivity contribution in [2.45, 2.75) is 26.9 Å². The molecule has 2 atom stereocenters. The lowest BCUT2D eigenvalue weighted by molar-refractivity contribution is -0.0305. The quantitative estimate of drug-likeness (QED) is 0.650. The van der Waals surface area contributed by atoms with Gasteiger partial charge in [0.1, 0.15) is 0 Å². The maximum Gasteiger partial charge on any atom is 0.0944 e. The summed E-state index contributed by atoms with van der Waals surface area (Å²) < 4.78 is 12.1. The molecule has 3 heteroatoms. The Bertz CT molecular complexity index is 115. The van der Waals surface area contributed by atoms with Gasteiger partial charge in [-0.05, 0) is 0 Å². The van der Waals surface area contributed by atoms with E-state index < -0.39 is 24.1 Å². The van der Waals surface area contributed by atoms with Crippen molar-refractivity contribution in [2.75, 3.05) is 13.3 Å². The third-order valence-corrected chi connectivity index (χ3v) is 1.99. The first-order chi connectivity index (χ1) is 4.95. The van der Waals surface area contributed by atoms with Crippen LogP contribution in [0.25, 0.3) is 0 Å². The van der Waals surface area contributed by atoms with Crippen molar-refractivity contribution < 1.29 is 14.6 Å². The van der Waals surface area contributed by atoms with Gasteiger partial charge < -0.3 is 10.2 Å². The molecule has 0 heterocycles. The van der Waals surface area contributed by atoms with E-state index in [0.717, 1.165) is 0 Å². The van der Waals surface area contributed by atoms with E-state index in [4.69, 9.17) is 5.11 Å². The first-order valence-electron chi connectivity index (χ1n) is 3.80. The van der Waals surface area contributed by atoms with E-state index in [2.05, 4.69) is 0 Å². The maximum absolute atomic E-state index is 12.1. The minimum Gasteiger partial charge on any atom is -0.396 e. The van der Waals surface area contributed by atoms with Gasteiger partial charge in [0.15, 0.2) is 0 Å². The monoisotopic (exact) mass is 164 g/mol. The van der Waals surface area contributed by atoms with Crippen molar-refractivity contribution in [1.82, 2.24) is 0 Å². The molecule has 11 heavy (non-hydrogen) atoms. The normalized spacial score (nSPS) is 18.0. The van der Waals surface area contributed by atoms with Gasteiger partial charge in [-0.15, -0.1) is 0 Å². The molecule has 0 aromatic carbocycles. The first-order valence-corrected chi connectivity index (χ1v) is 3.80.